The number of aromatic nitrogens is 4. The molecule has 1 atom stereocenters. The smallest absolute Gasteiger partial charge is 0.266 e. The number of nitrogens with one attached hydrogen (secondary N) is 1. The normalized spacial score (nSPS) is 14.8. The van der Waals surface area contributed by atoms with E-state index in [1.54, 1.807) is 0 Å². The Morgan fingerprint density at radius 1 is 1.02 bits per heavy atom. The lowest BCUT2D eigenvalue weighted by atomic mass is 10.0. The number of hydrogen-bond acceptors (Lipinski definition) is 6. The van der Waals surface area contributed by atoms with Gasteiger partial charge in [-0.25, -0.2) is 31.0 Å². The molecule has 0 saturated carbocycles. The SMILES string of the molecule is Cn1nc(NS(C)(=O)=O)c2c(Cl)cc3c(c21)-n1c(nc2c(F)cc(F)cc2c1=O)C(Cc1cc(F)cc(F)c1)N=C3. The summed E-state index contributed by atoms with van der Waals surface area (Å²) in [6.07, 6.45) is 2.15. The lowest BCUT2D eigenvalue weighted by Crippen LogP contribution is -2.27. The van der Waals surface area contributed by atoms with Crippen molar-refractivity contribution in [3.8, 4) is 5.69 Å². The van der Waals surface area contributed by atoms with Crippen molar-refractivity contribution in [3.63, 3.8) is 0 Å². The minimum Gasteiger partial charge on any atom is -0.281 e. The van der Waals surface area contributed by atoms with Crippen molar-refractivity contribution in [1.82, 2.24) is 19.3 Å². The summed E-state index contributed by atoms with van der Waals surface area (Å²) in [4.78, 5) is 22.9. The zero-order valence-electron chi connectivity index (χ0n) is 21.1. The van der Waals surface area contributed by atoms with Crippen molar-refractivity contribution in [2.75, 3.05) is 11.0 Å². The van der Waals surface area contributed by atoms with E-state index in [0.29, 0.717) is 12.1 Å². The maximum atomic E-state index is 14.9. The third-order valence-electron chi connectivity index (χ3n) is 6.53. The van der Waals surface area contributed by atoms with Crippen LogP contribution in [0.4, 0.5) is 23.4 Å². The van der Waals surface area contributed by atoms with Crippen LogP contribution in [0.25, 0.3) is 27.5 Å². The molecule has 41 heavy (non-hydrogen) atoms. The van der Waals surface area contributed by atoms with Gasteiger partial charge in [0.05, 0.1) is 33.3 Å². The molecule has 1 aliphatic rings. The topological polar surface area (TPSA) is 111 Å². The number of aryl methyl sites for hydroxylation is 1. The second kappa shape index (κ2) is 9.38. The average Bonchev–Trinajstić information content (AvgIpc) is 3.08. The van der Waals surface area contributed by atoms with E-state index in [0.717, 1.165) is 29.0 Å². The molecule has 5 aromatic rings. The van der Waals surface area contributed by atoms with Gasteiger partial charge in [-0.15, -0.1) is 0 Å². The molecular weight excluding hydrogens is 588 g/mol. The summed E-state index contributed by atoms with van der Waals surface area (Å²) in [7, 11) is -2.31. The summed E-state index contributed by atoms with van der Waals surface area (Å²) >= 11 is 6.56. The molecule has 2 aromatic heterocycles. The first-order valence-electron chi connectivity index (χ1n) is 11.9. The number of sulfonamides is 1. The molecule has 0 amide bonds. The van der Waals surface area contributed by atoms with Crippen molar-refractivity contribution in [1.29, 1.82) is 0 Å². The molecule has 0 spiro atoms. The average molecular weight is 605 g/mol. The van der Waals surface area contributed by atoms with Crippen LogP contribution < -0.4 is 10.3 Å². The molecule has 210 valence electrons. The highest BCUT2D eigenvalue weighted by Gasteiger charge is 2.30. The minimum absolute atomic E-state index is 0.0653. The fourth-order valence-corrected chi connectivity index (χ4v) is 5.81. The zero-order valence-corrected chi connectivity index (χ0v) is 22.7. The fraction of sp³-hybridized carbons (Fsp3) is 0.154. The Labute approximate surface area is 233 Å². The highest BCUT2D eigenvalue weighted by Crippen LogP contribution is 2.39. The van der Waals surface area contributed by atoms with Crippen LogP contribution in [0.2, 0.25) is 5.02 Å². The van der Waals surface area contributed by atoms with E-state index >= 15 is 0 Å². The predicted molar refractivity (Wildman–Crippen MR) is 145 cm³/mol. The lowest BCUT2D eigenvalue weighted by Gasteiger charge is -2.19. The molecule has 15 heteroatoms. The summed E-state index contributed by atoms with van der Waals surface area (Å²) in [6, 6.07) is 4.67. The molecule has 3 aromatic carbocycles. The maximum Gasteiger partial charge on any atom is 0.266 e. The Morgan fingerprint density at radius 2 is 1.71 bits per heavy atom. The van der Waals surface area contributed by atoms with Gasteiger partial charge in [-0.2, -0.15) is 5.10 Å². The Bertz CT molecular complexity index is 2130. The van der Waals surface area contributed by atoms with Gasteiger partial charge in [0.1, 0.15) is 34.8 Å². The molecule has 0 aliphatic carbocycles. The van der Waals surface area contributed by atoms with Crippen LogP contribution in [0, 0.1) is 23.3 Å². The van der Waals surface area contributed by atoms with Crippen molar-refractivity contribution in [2.24, 2.45) is 12.0 Å². The van der Waals surface area contributed by atoms with Crippen LogP contribution in [0.3, 0.4) is 0 Å². The molecule has 1 aliphatic heterocycles. The fourth-order valence-electron chi connectivity index (χ4n) is 5.02. The standard InChI is InChI=1S/C26H17ClF4N6O3S/c1-36-23-20(24(34-36)35-41(2,39)40)17(27)6-12-10-32-19(5-11-3-13(28)7-14(29)4-11)25-33-21-16(8-15(30)9-18(21)31)26(38)37(25)22(12)23/h3-4,6-10,19H,5H2,1-2H3,(H,34,35). The Kier molecular flexibility index (Phi) is 6.15. The molecule has 6 rings (SSSR count). The molecule has 0 fully saturated rings. The Balaban J connectivity index is 1.72. The van der Waals surface area contributed by atoms with Crippen LogP contribution >= 0.6 is 11.6 Å². The second-order valence-corrected chi connectivity index (χ2v) is 11.7. The van der Waals surface area contributed by atoms with Gasteiger partial charge in [0.25, 0.3) is 5.56 Å². The molecule has 3 heterocycles. The summed E-state index contributed by atoms with van der Waals surface area (Å²) in [5.74, 6) is -4.00. The lowest BCUT2D eigenvalue weighted by molar-refractivity contribution is 0.572. The van der Waals surface area contributed by atoms with E-state index in [1.165, 1.54) is 24.0 Å². The van der Waals surface area contributed by atoms with Crippen LogP contribution in [0.5, 0.6) is 0 Å². The highest BCUT2D eigenvalue weighted by atomic mass is 35.5. The predicted octanol–water partition coefficient (Wildman–Crippen LogP) is 4.57. The molecule has 9 nitrogen and oxygen atoms in total. The van der Waals surface area contributed by atoms with Crippen LogP contribution in [-0.2, 0) is 23.5 Å². The van der Waals surface area contributed by atoms with E-state index in [-0.39, 0.29) is 56.2 Å². The molecule has 1 unspecified atom stereocenters. The van der Waals surface area contributed by atoms with E-state index in [4.69, 9.17) is 11.6 Å². The van der Waals surface area contributed by atoms with Gasteiger partial charge in [0, 0.05) is 37.4 Å². The number of anilines is 1. The first kappa shape index (κ1) is 26.9. The number of nitrogens with zero attached hydrogens (tertiary/aromatic N) is 5. The van der Waals surface area contributed by atoms with E-state index in [1.807, 2.05) is 0 Å². The van der Waals surface area contributed by atoms with Crippen LogP contribution in [0.1, 0.15) is 23.0 Å². The van der Waals surface area contributed by atoms with E-state index in [9.17, 15) is 30.8 Å². The summed E-state index contributed by atoms with van der Waals surface area (Å²) < 4.78 is 85.9. The first-order chi connectivity index (χ1) is 19.3. The molecule has 0 bridgehead atoms. The number of hydrogen-bond donors (Lipinski definition) is 1. The monoisotopic (exact) mass is 604 g/mol. The van der Waals surface area contributed by atoms with Gasteiger partial charge in [-0.05, 0) is 29.8 Å². The third-order valence-corrected chi connectivity index (χ3v) is 7.39. The maximum absolute atomic E-state index is 14.9. The van der Waals surface area contributed by atoms with Gasteiger partial charge in [0.15, 0.2) is 11.6 Å². The highest BCUT2D eigenvalue weighted by molar-refractivity contribution is 7.92. The Hall–Kier alpha value is -4.30. The first-order valence-corrected chi connectivity index (χ1v) is 14.1. The minimum atomic E-state index is -3.79. The van der Waals surface area contributed by atoms with Crippen molar-refractivity contribution < 1.29 is 26.0 Å². The van der Waals surface area contributed by atoms with Gasteiger partial charge in [-0.3, -0.25) is 23.8 Å². The summed E-state index contributed by atoms with van der Waals surface area (Å²) in [5, 5.41) is 4.06. The quantitative estimate of drug-likeness (QED) is 0.302. The zero-order chi connectivity index (χ0) is 29.4. The number of fused-ring (bicyclic) bond motifs is 6. The van der Waals surface area contributed by atoms with Crippen molar-refractivity contribution in [3.05, 3.63) is 92.0 Å². The Morgan fingerprint density at radius 3 is 2.39 bits per heavy atom. The van der Waals surface area contributed by atoms with Gasteiger partial charge < -0.3 is 0 Å². The van der Waals surface area contributed by atoms with E-state index < -0.39 is 50.4 Å². The van der Waals surface area contributed by atoms with Gasteiger partial charge in [-0.1, -0.05) is 11.6 Å². The summed E-state index contributed by atoms with van der Waals surface area (Å²) in [6.45, 7) is 0. The largest absolute Gasteiger partial charge is 0.281 e. The van der Waals surface area contributed by atoms with Crippen molar-refractivity contribution >= 4 is 55.5 Å². The second-order valence-electron chi connectivity index (χ2n) is 9.54. The summed E-state index contributed by atoms with van der Waals surface area (Å²) in [5.41, 5.74) is -0.551. The number of aliphatic imine (C=N–C) groups is 1. The number of rotatable bonds is 4. The molecule has 0 radical (unpaired) electrons. The van der Waals surface area contributed by atoms with E-state index in [2.05, 4.69) is 19.8 Å². The third kappa shape index (κ3) is 4.62. The van der Waals surface area contributed by atoms with Crippen LogP contribution in [0.15, 0.2) is 46.2 Å². The molecular formula is C26H17ClF4N6O3S. The molecule has 0 saturated heterocycles. The van der Waals surface area contributed by atoms with Crippen molar-refractivity contribution in [2.45, 2.75) is 12.5 Å². The van der Waals surface area contributed by atoms with Crippen LogP contribution in [-0.4, -0.2) is 40.2 Å². The van der Waals surface area contributed by atoms with Gasteiger partial charge >= 0.3 is 0 Å². The number of halogens is 5. The number of benzene rings is 3. The molecule has 1 N–H and O–H groups in total. The van der Waals surface area contributed by atoms with Gasteiger partial charge in [0.2, 0.25) is 10.0 Å².